The van der Waals surface area contributed by atoms with Gasteiger partial charge in [0.05, 0.1) is 27.8 Å². The second-order valence-electron chi connectivity index (χ2n) is 12.9. The number of hydrogen-bond acceptors (Lipinski definition) is 3. The topological polar surface area (TPSA) is 48.5 Å². The van der Waals surface area contributed by atoms with Gasteiger partial charge in [0.2, 0.25) is 5.95 Å². The standard InChI is InChI=1S/C42H29N5/c1-42(2)32-20-10-12-23-35(32)46-36-29(19-13-21-33(36)42)31-25-24-30-28-18-9-11-22-34(28)47(38(30)37(31)46)41-44-39(26-14-5-3-6-15-26)43-40(45-41)27-16-7-4-8-17-27/h3-25H,1-2H3. The molecule has 0 atom stereocenters. The van der Waals surface area contributed by atoms with E-state index in [-0.39, 0.29) is 5.41 Å². The first kappa shape index (κ1) is 26.2. The third kappa shape index (κ3) is 3.57. The first-order valence-electron chi connectivity index (χ1n) is 16.1. The lowest BCUT2D eigenvalue weighted by atomic mass is 9.75. The summed E-state index contributed by atoms with van der Waals surface area (Å²) >= 11 is 0. The molecule has 222 valence electrons. The monoisotopic (exact) mass is 603 g/mol. The normalized spacial score (nSPS) is 13.5. The lowest BCUT2D eigenvalue weighted by molar-refractivity contribution is 0.630. The molecule has 5 nitrogen and oxygen atoms in total. The molecule has 0 N–H and O–H groups in total. The van der Waals surface area contributed by atoms with E-state index in [1.54, 1.807) is 0 Å². The maximum Gasteiger partial charge on any atom is 0.238 e. The van der Waals surface area contributed by atoms with E-state index in [0.29, 0.717) is 17.6 Å². The summed E-state index contributed by atoms with van der Waals surface area (Å²) in [6.07, 6.45) is 0. The van der Waals surface area contributed by atoms with Gasteiger partial charge in [-0.25, -0.2) is 4.98 Å². The predicted molar refractivity (Wildman–Crippen MR) is 192 cm³/mol. The van der Waals surface area contributed by atoms with Crippen LogP contribution in [0.1, 0.15) is 25.0 Å². The van der Waals surface area contributed by atoms with Crippen LogP contribution in [0.25, 0.3) is 78.0 Å². The summed E-state index contributed by atoms with van der Waals surface area (Å²) in [7, 11) is 0. The largest absolute Gasteiger partial charge is 0.307 e. The molecule has 0 fully saturated rings. The summed E-state index contributed by atoms with van der Waals surface area (Å²) in [4.78, 5) is 15.4. The van der Waals surface area contributed by atoms with Gasteiger partial charge >= 0.3 is 0 Å². The molecule has 1 aliphatic heterocycles. The van der Waals surface area contributed by atoms with Crippen LogP contribution in [0.15, 0.2) is 140 Å². The van der Waals surface area contributed by atoms with Gasteiger partial charge in [-0.1, -0.05) is 141 Å². The van der Waals surface area contributed by atoms with Gasteiger partial charge in [0, 0.05) is 38.1 Å². The van der Waals surface area contributed by atoms with Crippen LogP contribution in [0.4, 0.5) is 0 Å². The molecule has 0 amide bonds. The molecule has 0 unspecified atom stereocenters. The van der Waals surface area contributed by atoms with Crippen LogP contribution in [-0.4, -0.2) is 24.1 Å². The van der Waals surface area contributed by atoms with Crippen molar-refractivity contribution < 1.29 is 0 Å². The van der Waals surface area contributed by atoms with Crippen LogP contribution in [0.3, 0.4) is 0 Å². The van der Waals surface area contributed by atoms with Crippen molar-refractivity contribution in [1.82, 2.24) is 24.1 Å². The van der Waals surface area contributed by atoms with E-state index in [2.05, 4.69) is 126 Å². The molecule has 0 radical (unpaired) electrons. The quantitative estimate of drug-likeness (QED) is 0.202. The molecule has 0 saturated heterocycles. The second kappa shape index (κ2) is 9.47. The number of aromatic nitrogens is 5. The van der Waals surface area contributed by atoms with Gasteiger partial charge in [0.1, 0.15) is 0 Å². The van der Waals surface area contributed by atoms with Gasteiger partial charge < -0.3 is 4.57 Å². The zero-order chi connectivity index (χ0) is 31.3. The number of fused-ring (bicyclic) bond motifs is 9. The smallest absolute Gasteiger partial charge is 0.238 e. The van der Waals surface area contributed by atoms with E-state index in [0.717, 1.165) is 33.1 Å². The van der Waals surface area contributed by atoms with Gasteiger partial charge in [0.25, 0.3) is 0 Å². The Bertz CT molecular complexity index is 2640. The molecule has 3 aromatic heterocycles. The first-order chi connectivity index (χ1) is 23.1. The molecule has 1 aliphatic rings. The minimum absolute atomic E-state index is 0.143. The third-order valence-electron chi connectivity index (χ3n) is 9.96. The zero-order valence-electron chi connectivity index (χ0n) is 26.0. The van der Waals surface area contributed by atoms with Gasteiger partial charge in [-0.15, -0.1) is 0 Å². The van der Waals surface area contributed by atoms with Crippen molar-refractivity contribution in [2.75, 3.05) is 0 Å². The van der Waals surface area contributed by atoms with Gasteiger partial charge in [-0.2, -0.15) is 9.97 Å². The number of benzene rings is 6. The van der Waals surface area contributed by atoms with E-state index >= 15 is 0 Å². The Hall–Kier alpha value is -6.07. The van der Waals surface area contributed by atoms with E-state index in [1.165, 1.54) is 38.5 Å². The lowest BCUT2D eigenvalue weighted by Gasteiger charge is -2.34. The Kier molecular flexibility index (Phi) is 5.28. The average molecular weight is 604 g/mol. The summed E-state index contributed by atoms with van der Waals surface area (Å²) in [5.41, 5.74) is 10.2. The first-order valence-corrected chi connectivity index (χ1v) is 16.1. The maximum atomic E-state index is 5.22. The molecule has 0 saturated carbocycles. The number of para-hydroxylation sites is 3. The minimum atomic E-state index is -0.143. The van der Waals surface area contributed by atoms with Crippen molar-refractivity contribution in [2.24, 2.45) is 0 Å². The van der Waals surface area contributed by atoms with E-state index < -0.39 is 0 Å². The average Bonchev–Trinajstić information content (AvgIpc) is 3.65. The zero-order valence-corrected chi connectivity index (χ0v) is 26.0. The Morgan fingerprint density at radius 1 is 0.426 bits per heavy atom. The highest BCUT2D eigenvalue weighted by Gasteiger charge is 2.35. The second-order valence-corrected chi connectivity index (χ2v) is 12.9. The van der Waals surface area contributed by atoms with Crippen LogP contribution in [0, 0.1) is 0 Å². The van der Waals surface area contributed by atoms with Crippen molar-refractivity contribution in [3.8, 4) is 34.4 Å². The van der Waals surface area contributed by atoms with Gasteiger partial charge in [-0.3, -0.25) is 4.57 Å². The fourth-order valence-electron chi connectivity index (χ4n) is 7.79. The Labute approximate surface area is 271 Å². The summed E-state index contributed by atoms with van der Waals surface area (Å²) in [5.74, 6) is 1.88. The summed E-state index contributed by atoms with van der Waals surface area (Å²) in [6.45, 7) is 4.69. The highest BCUT2D eigenvalue weighted by atomic mass is 15.2. The van der Waals surface area contributed by atoms with Crippen LogP contribution in [0.5, 0.6) is 0 Å². The van der Waals surface area contributed by atoms with E-state index in [4.69, 9.17) is 15.0 Å². The predicted octanol–water partition coefficient (Wildman–Crippen LogP) is 10.0. The van der Waals surface area contributed by atoms with E-state index in [1.807, 2.05) is 36.4 Å². The van der Waals surface area contributed by atoms with Crippen molar-refractivity contribution >= 4 is 43.6 Å². The summed E-state index contributed by atoms with van der Waals surface area (Å²) in [6, 6.07) is 49.2. The van der Waals surface area contributed by atoms with Crippen molar-refractivity contribution in [3.05, 3.63) is 151 Å². The molecular formula is C42H29N5. The molecule has 47 heavy (non-hydrogen) atoms. The van der Waals surface area contributed by atoms with Crippen LogP contribution in [0.2, 0.25) is 0 Å². The van der Waals surface area contributed by atoms with E-state index in [9.17, 15) is 0 Å². The molecule has 6 aromatic carbocycles. The van der Waals surface area contributed by atoms with Gasteiger partial charge in [0.15, 0.2) is 11.6 Å². The number of nitrogens with zero attached hydrogens (tertiary/aromatic N) is 5. The Morgan fingerprint density at radius 2 is 0.957 bits per heavy atom. The Morgan fingerprint density at radius 3 is 1.68 bits per heavy atom. The van der Waals surface area contributed by atoms with Crippen LogP contribution >= 0.6 is 0 Å². The molecule has 5 heteroatoms. The minimum Gasteiger partial charge on any atom is -0.307 e. The molecule has 10 rings (SSSR count). The maximum absolute atomic E-state index is 5.22. The SMILES string of the molecule is CC1(C)c2ccccc2-n2c3c1cccc3c1ccc3c4ccccc4n(-c4nc(-c5ccccc5)nc(-c5ccccc5)n4)c3c12. The van der Waals surface area contributed by atoms with Crippen molar-refractivity contribution in [2.45, 2.75) is 19.3 Å². The molecule has 0 aliphatic carbocycles. The molecule has 9 aromatic rings. The molecule has 0 spiro atoms. The number of hydrogen-bond donors (Lipinski definition) is 0. The lowest BCUT2D eigenvalue weighted by Crippen LogP contribution is -2.26. The number of rotatable bonds is 3. The highest BCUT2D eigenvalue weighted by molar-refractivity contribution is 6.24. The summed E-state index contributed by atoms with van der Waals surface area (Å²) < 4.78 is 4.76. The van der Waals surface area contributed by atoms with Crippen LogP contribution in [-0.2, 0) is 5.41 Å². The fraction of sp³-hybridized carbons (Fsp3) is 0.0714. The molecular weight excluding hydrogens is 574 g/mol. The third-order valence-corrected chi connectivity index (χ3v) is 9.96. The van der Waals surface area contributed by atoms with Gasteiger partial charge in [-0.05, 0) is 23.3 Å². The highest BCUT2D eigenvalue weighted by Crippen LogP contribution is 2.49. The van der Waals surface area contributed by atoms with Crippen molar-refractivity contribution in [1.29, 1.82) is 0 Å². The molecule has 4 heterocycles. The van der Waals surface area contributed by atoms with Crippen molar-refractivity contribution in [3.63, 3.8) is 0 Å². The summed E-state index contributed by atoms with van der Waals surface area (Å²) in [5, 5.41) is 4.80. The van der Waals surface area contributed by atoms with Crippen LogP contribution < -0.4 is 0 Å². The Balaban J connectivity index is 1.41. The fourth-order valence-corrected chi connectivity index (χ4v) is 7.79. The molecule has 0 bridgehead atoms.